The first kappa shape index (κ1) is 16.4. The van der Waals surface area contributed by atoms with E-state index in [9.17, 15) is 0 Å². The Hall–Kier alpha value is -0.690. The fourth-order valence-corrected chi connectivity index (χ4v) is 2.75. The lowest BCUT2D eigenvalue weighted by atomic mass is 9.91. The molecule has 2 heteroatoms. The number of alkyl halides is 1. The summed E-state index contributed by atoms with van der Waals surface area (Å²) in [6, 6.07) is 8.25. The lowest BCUT2D eigenvalue weighted by Gasteiger charge is -2.21. The average molecular weight is 283 g/mol. The van der Waals surface area contributed by atoms with E-state index < -0.39 is 0 Å². The van der Waals surface area contributed by atoms with E-state index in [2.05, 4.69) is 26.0 Å². The molecule has 1 aromatic rings. The first-order valence-electron chi connectivity index (χ1n) is 7.49. The highest BCUT2D eigenvalue weighted by molar-refractivity contribution is 6.21. The van der Waals surface area contributed by atoms with Gasteiger partial charge in [0.1, 0.15) is 5.75 Å². The van der Waals surface area contributed by atoms with Gasteiger partial charge in [0.25, 0.3) is 0 Å². The molecule has 1 aromatic carbocycles. The summed E-state index contributed by atoms with van der Waals surface area (Å²) in [4.78, 5) is 0. The second kappa shape index (κ2) is 8.47. The largest absolute Gasteiger partial charge is 0.491 e. The molecule has 1 rings (SSSR count). The van der Waals surface area contributed by atoms with Gasteiger partial charge in [-0.3, -0.25) is 0 Å². The first-order valence-corrected chi connectivity index (χ1v) is 7.92. The van der Waals surface area contributed by atoms with Gasteiger partial charge in [-0.1, -0.05) is 45.2 Å². The van der Waals surface area contributed by atoms with Crippen LogP contribution in [0, 0.1) is 5.92 Å². The van der Waals surface area contributed by atoms with Crippen molar-refractivity contribution in [3.63, 3.8) is 0 Å². The van der Waals surface area contributed by atoms with Gasteiger partial charge < -0.3 is 4.74 Å². The highest BCUT2D eigenvalue weighted by Gasteiger charge is 2.18. The first-order chi connectivity index (χ1) is 9.08. The molecule has 0 aliphatic carbocycles. The normalized spacial score (nSPS) is 14.4. The second-order valence-electron chi connectivity index (χ2n) is 5.45. The lowest BCUT2D eigenvalue weighted by molar-refractivity contribution is 0.242. The van der Waals surface area contributed by atoms with Crippen LogP contribution in [0.2, 0.25) is 0 Å². The number of rotatable bonds is 8. The fraction of sp³-hybridized carbons (Fsp3) is 0.647. The topological polar surface area (TPSA) is 9.23 Å². The molecule has 0 heterocycles. The molecular formula is C17H27ClO. The third kappa shape index (κ3) is 5.44. The van der Waals surface area contributed by atoms with Crippen molar-refractivity contribution in [2.24, 2.45) is 5.92 Å². The minimum Gasteiger partial charge on any atom is -0.491 e. The predicted molar refractivity (Wildman–Crippen MR) is 84.1 cm³/mol. The average Bonchev–Trinajstić information content (AvgIpc) is 2.39. The Morgan fingerprint density at radius 3 is 2.21 bits per heavy atom. The van der Waals surface area contributed by atoms with Crippen LogP contribution in [-0.4, -0.2) is 6.10 Å². The Labute approximate surface area is 123 Å². The van der Waals surface area contributed by atoms with Crippen molar-refractivity contribution >= 4 is 11.6 Å². The maximum atomic E-state index is 6.63. The zero-order chi connectivity index (χ0) is 14.3. The van der Waals surface area contributed by atoms with Crippen LogP contribution in [0.5, 0.6) is 5.75 Å². The lowest BCUT2D eigenvalue weighted by Crippen LogP contribution is -2.08. The van der Waals surface area contributed by atoms with Crippen LogP contribution in [0.15, 0.2) is 24.3 Å². The van der Waals surface area contributed by atoms with Gasteiger partial charge in [-0.25, -0.2) is 0 Å². The third-order valence-corrected chi connectivity index (χ3v) is 4.05. The molecule has 0 amide bonds. The number of hydrogen-bond donors (Lipinski definition) is 0. The van der Waals surface area contributed by atoms with Gasteiger partial charge >= 0.3 is 0 Å². The molecule has 0 radical (unpaired) electrons. The number of ether oxygens (including phenoxy) is 1. The molecule has 0 bridgehead atoms. The van der Waals surface area contributed by atoms with Crippen molar-refractivity contribution in [2.75, 3.05) is 0 Å². The quantitative estimate of drug-likeness (QED) is 0.534. The van der Waals surface area contributed by atoms with E-state index in [1.807, 2.05) is 26.0 Å². The molecule has 19 heavy (non-hydrogen) atoms. The van der Waals surface area contributed by atoms with E-state index in [0.717, 1.165) is 12.2 Å². The second-order valence-corrected chi connectivity index (χ2v) is 5.92. The van der Waals surface area contributed by atoms with Crippen molar-refractivity contribution < 1.29 is 4.74 Å². The zero-order valence-corrected chi connectivity index (χ0v) is 13.4. The zero-order valence-electron chi connectivity index (χ0n) is 12.7. The van der Waals surface area contributed by atoms with E-state index in [-0.39, 0.29) is 11.5 Å². The van der Waals surface area contributed by atoms with Crippen LogP contribution in [0.25, 0.3) is 0 Å². The van der Waals surface area contributed by atoms with E-state index in [4.69, 9.17) is 16.3 Å². The molecule has 108 valence electrons. The van der Waals surface area contributed by atoms with Gasteiger partial charge in [0.05, 0.1) is 11.5 Å². The van der Waals surface area contributed by atoms with Gasteiger partial charge in [-0.15, -0.1) is 11.6 Å². The molecule has 0 fully saturated rings. The van der Waals surface area contributed by atoms with Crippen molar-refractivity contribution in [2.45, 2.75) is 64.9 Å². The molecule has 0 aromatic heterocycles. The molecule has 0 saturated heterocycles. The Balaban J connectivity index is 2.67. The standard InChI is InChI=1S/C17H27ClO/c1-5-7-8-14(6-2)17(18)15-9-11-16(12-10-15)19-13(3)4/h9-14,17H,5-8H2,1-4H3. The maximum absolute atomic E-state index is 6.63. The SMILES string of the molecule is CCCCC(CC)C(Cl)c1ccc(OC(C)C)cc1. The summed E-state index contributed by atoms with van der Waals surface area (Å²) in [7, 11) is 0. The minimum absolute atomic E-state index is 0.115. The number of halogens is 1. The molecule has 0 saturated carbocycles. The number of benzene rings is 1. The molecule has 1 nitrogen and oxygen atoms in total. The highest BCUT2D eigenvalue weighted by atomic mass is 35.5. The van der Waals surface area contributed by atoms with E-state index in [0.29, 0.717) is 5.92 Å². The van der Waals surface area contributed by atoms with E-state index in [1.165, 1.54) is 24.8 Å². The maximum Gasteiger partial charge on any atom is 0.119 e. The fourth-order valence-electron chi connectivity index (χ4n) is 2.30. The van der Waals surface area contributed by atoms with E-state index in [1.54, 1.807) is 0 Å². The summed E-state index contributed by atoms with van der Waals surface area (Å²) in [5, 5.41) is 0.115. The molecule has 0 aliphatic rings. The van der Waals surface area contributed by atoms with E-state index >= 15 is 0 Å². The molecule has 0 N–H and O–H groups in total. The minimum atomic E-state index is 0.115. The molecule has 0 spiro atoms. The Morgan fingerprint density at radius 2 is 1.74 bits per heavy atom. The van der Waals surface area contributed by atoms with Gasteiger partial charge in [-0.2, -0.15) is 0 Å². The smallest absolute Gasteiger partial charge is 0.119 e. The van der Waals surface area contributed by atoms with Gasteiger partial charge in [0, 0.05) is 0 Å². The summed E-state index contributed by atoms with van der Waals surface area (Å²) < 4.78 is 5.66. The van der Waals surface area contributed by atoms with Crippen LogP contribution in [-0.2, 0) is 0 Å². The monoisotopic (exact) mass is 282 g/mol. The van der Waals surface area contributed by atoms with Crippen molar-refractivity contribution in [3.05, 3.63) is 29.8 Å². The van der Waals surface area contributed by atoms with Crippen LogP contribution >= 0.6 is 11.6 Å². The summed E-state index contributed by atoms with van der Waals surface area (Å²) in [6.45, 7) is 8.53. The number of unbranched alkanes of at least 4 members (excludes halogenated alkanes) is 1. The van der Waals surface area contributed by atoms with Crippen LogP contribution in [0.4, 0.5) is 0 Å². The van der Waals surface area contributed by atoms with Crippen molar-refractivity contribution in [1.29, 1.82) is 0 Å². The van der Waals surface area contributed by atoms with Crippen LogP contribution in [0.1, 0.15) is 64.3 Å². The summed E-state index contributed by atoms with van der Waals surface area (Å²) in [6.07, 6.45) is 5.06. The summed E-state index contributed by atoms with van der Waals surface area (Å²) in [5.74, 6) is 1.49. The van der Waals surface area contributed by atoms with Gasteiger partial charge in [-0.05, 0) is 43.9 Å². The Morgan fingerprint density at radius 1 is 1.11 bits per heavy atom. The van der Waals surface area contributed by atoms with Crippen molar-refractivity contribution in [1.82, 2.24) is 0 Å². The predicted octanol–water partition coefficient (Wildman–Crippen LogP) is 5.97. The Bertz CT molecular complexity index is 345. The van der Waals surface area contributed by atoms with Gasteiger partial charge in [0.15, 0.2) is 0 Å². The molecule has 2 unspecified atom stereocenters. The summed E-state index contributed by atoms with van der Waals surface area (Å²) in [5.41, 5.74) is 1.21. The Kier molecular flexibility index (Phi) is 7.30. The molecule has 2 atom stereocenters. The van der Waals surface area contributed by atoms with Crippen LogP contribution in [0.3, 0.4) is 0 Å². The molecule has 0 aliphatic heterocycles. The van der Waals surface area contributed by atoms with Crippen molar-refractivity contribution in [3.8, 4) is 5.75 Å². The van der Waals surface area contributed by atoms with Gasteiger partial charge in [0.2, 0.25) is 0 Å². The third-order valence-electron chi connectivity index (χ3n) is 3.44. The molecular weight excluding hydrogens is 256 g/mol. The highest BCUT2D eigenvalue weighted by Crippen LogP contribution is 2.35. The van der Waals surface area contributed by atoms with Crippen LogP contribution < -0.4 is 4.74 Å². The number of hydrogen-bond acceptors (Lipinski definition) is 1. The summed E-state index contributed by atoms with van der Waals surface area (Å²) >= 11 is 6.63.